The molecule has 1 heterocycles. The van der Waals surface area contributed by atoms with E-state index in [0.29, 0.717) is 11.1 Å². The van der Waals surface area contributed by atoms with Gasteiger partial charge in [0.15, 0.2) is 0 Å². The highest BCUT2D eigenvalue weighted by atomic mass is 16.1. The van der Waals surface area contributed by atoms with E-state index in [2.05, 4.69) is 22.5 Å². The van der Waals surface area contributed by atoms with Crippen molar-refractivity contribution in [2.45, 2.75) is 32.6 Å². The zero-order valence-corrected chi connectivity index (χ0v) is 11.1. The van der Waals surface area contributed by atoms with E-state index in [1.165, 1.54) is 25.7 Å². The van der Waals surface area contributed by atoms with E-state index in [9.17, 15) is 4.79 Å². The van der Waals surface area contributed by atoms with Gasteiger partial charge in [-0.2, -0.15) is 0 Å². The quantitative estimate of drug-likeness (QED) is 0.811. The molecule has 0 bridgehead atoms. The monoisotopic (exact) mass is 247 g/mol. The highest BCUT2D eigenvalue weighted by molar-refractivity contribution is 5.93. The molecular weight excluding hydrogens is 226 g/mol. The molecular formula is C14H21N3O. The van der Waals surface area contributed by atoms with Crippen LogP contribution in [0.2, 0.25) is 0 Å². The van der Waals surface area contributed by atoms with Gasteiger partial charge >= 0.3 is 0 Å². The molecule has 1 amide bonds. The summed E-state index contributed by atoms with van der Waals surface area (Å²) in [6.45, 7) is 2.98. The molecule has 1 fully saturated rings. The van der Waals surface area contributed by atoms with Crippen LogP contribution in [0.15, 0.2) is 18.3 Å². The van der Waals surface area contributed by atoms with Crippen molar-refractivity contribution in [2.75, 3.05) is 18.9 Å². The standard InChI is InChI=1S/C14H21N3O/c1-3-5-14(6-7-14)10-17-13(18)12-9-11(15-2)4-8-16-12/h4,8-9H,3,5-7,10H2,1-2H3,(H,15,16)(H,17,18). The molecule has 1 saturated carbocycles. The Hall–Kier alpha value is -1.58. The van der Waals surface area contributed by atoms with E-state index in [0.717, 1.165) is 12.2 Å². The zero-order valence-electron chi connectivity index (χ0n) is 11.1. The van der Waals surface area contributed by atoms with Crippen molar-refractivity contribution in [3.63, 3.8) is 0 Å². The second-order valence-corrected chi connectivity index (χ2v) is 5.11. The molecule has 0 saturated heterocycles. The molecule has 4 nitrogen and oxygen atoms in total. The van der Waals surface area contributed by atoms with Crippen molar-refractivity contribution in [3.8, 4) is 0 Å². The first kappa shape index (κ1) is 12.9. The normalized spacial score (nSPS) is 16.1. The number of carbonyl (C=O) groups excluding carboxylic acids is 1. The molecule has 0 radical (unpaired) electrons. The second-order valence-electron chi connectivity index (χ2n) is 5.11. The number of pyridine rings is 1. The molecule has 2 rings (SSSR count). The largest absolute Gasteiger partial charge is 0.388 e. The van der Waals surface area contributed by atoms with E-state index in [1.54, 1.807) is 12.3 Å². The highest BCUT2D eigenvalue weighted by Gasteiger charge is 2.41. The smallest absolute Gasteiger partial charge is 0.269 e. The predicted octanol–water partition coefficient (Wildman–Crippen LogP) is 2.43. The van der Waals surface area contributed by atoms with Crippen LogP contribution in [0.4, 0.5) is 5.69 Å². The minimum absolute atomic E-state index is 0.0746. The Morgan fingerprint density at radius 3 is 2.89 bits per heavy atom. The van der Waals surface area contributed by atoms with Gasteiger partial charge in [0.25, 0.3) is 5.91 Å². The molecule has 2 N–H and O–H groups in total. The van der Waals surface area contributed by atoms with E-state index in [4.69, 9.17) is 0 Å². The van der Waals surface area contributed by atoms with Crippen molar-refractivity contribution >= 4 is 11.6 Å². The number of nitrogens with zero attached hydrogens (tertiary/aromatic N) is 1. The molecule has 0 atom stereocenters. The van der Waals surface area contributed by atoms with Crippen LogP contribution in [0.25, 0.3) is 0 Å². The van der Waals surface area contributed by atoms with Gasteiger partial charge in [-0.1, -0.05) is 13.3 Å². The number of hydrogen-bond donors (Lipinski definition) is 2. The maximum Gasteiger partial charge on any atom is 0.269 e. The first-order chi connectivity index (χ1) is 8.69. The summed E-state index contributed by atoms with van der Waals surface area (Å²) in [5.74, 6) is -0.0746. The Morgan fingerprint density at radius 2 is 2.28 bits per heavy atom. The van der Waals surface area contributed by atoms with E-state index >= 15 is 0 Å². The lowest BCUT2D eigenvalue weighted by Crippen LogP contribution is -2.30. The fraction of sp³-hybridized carbons (Fsp3) is 0.571. The van der Waals surface area contributed by atoms with Crippen LogP contribution >= 0.6 is 0 Å². The predicted molar refractivity (Wildman–Crippen MR) is 72.7 cm³/mol. The lowest BCUT2D eigenvalue weighted by Gasteiger charge is -2.14. The van der Waals surface area contributed by atoms with Gasteiger partial charge in [-0.15, -0.1) is 0 Å². The summed E-state index contributed by atoms with van der Waals surface area (Å²) < 4.78 is 0. The Morgan fingerprint density at radius 1 is 1.50 bits per heavy atom. The highest BCUT2D eigenvalue weighted by Crippen LogP contribution is 2.48. The summed E-state index contributed by atoms with van der Waals surface area (Å²) in [6.07, 6.45) is 6.52. The first-order valence-electron chi connectivity index (χ1n) is 6.61. The number of rotatable bonds is 6. The number of amides is 1. The molecule has 0 aromatic carbocycles. The van der Waals surface area contributed by atoms with E-state index in [-0.39, 0.29) is 5.91 Å². The molecule has 0 aliphatic heterocycles. The average Bonchev–Trinajstić information content (AvgIpc) is 3.17. The van der Waals surface area contributed by atoms with Crippen molar-refractivity contribution in [1.82, 2.24) is 10.3 Å². The van der Waals surface area contributed by atoms with Crippen molar-refractivity contribution in [1.29, 1.82) is 0 Å². The molecule has 98 valence electrons. The number of nitrogens with one attached hydrogen (secondary N) is 2. The number of hydrogen-bond acceptors (Lipinski definition) is 3. The van der Waals surface area contributed by atoms with Crippen LogP contribution in [-0.2, 0) is 0 Å². The maximum atomic E-state index is 12.0. The fourth-order valence-corrected chi connectivity index (χ4v) is 2.29. The lowest BCUT2D eigenvalue weighted by atomic mass is 10.0. The SMILES string of the molecule is CCCC1(CNC(=O)c2cc(NC)ccn2)CC1. The van der Waals surface area contributed by atoms with E-state index < -0.39 is 0 Å². The van der Waals surface area contributed by atoms with Crippen LogP contribution in [0.5, 0.6) is 0 Å². The van der Waals surface area contributed by atoms with Crippen LogP contribution in [0.1, 0.15) is 43.1 Å². The zero-order chi connectivity index (χ0) is 13.0. The maximum absolute atomic E-state index is 12.0. The Bertz CT molecular complexity index is 427. The summed E-state index contributed by atoms with van der Waals surface area (Å²) in [4.78, 5) is 16.1. The van der Waals surface area contributed by atoms with Gasteiger partial charge in [-0.3, -0.25) is 9.78 Å². The molecule has 4 heteroatoms. The summed E-state index contributed by atoms with van der Waals surface area (Å²) in [7, 11) is 1.83. The average molecular weight is 247 g/mol. The first-order valence-corrected chi connectivity index (χ1v) is 6.61. The number of aromatic nitrogens is 1. The topological polar surface area (TPSA) is 54.0 Å². The Labute approximate surface area is 108 Å². The van der Waals surface area contributed by atoms with Crippen molar-refractivity contribution in [3.05, 3.63) is 24.0 Å². The van der Waals surface area contributed by atoms with Crippen LogP contribution < -0.4 is 10.6 Å². The van der Waals surface area contributed by atoms with Gasteiger partial charge in [-0.25, -0.2) is 0 Å². The summed E-state index contributed by atoms with van der Waals surface area (Å²) >= 11 is 0. The van der Waals surface area contributed by atoms with Gasteiger partial charge in [0, 0.05) is 25.5 Å². The third-order valence-corrected chi connectivity index (χ3v) is 3.64. The fourth-order valence-electron chi connectivity index (χ4n) is 2.29. The van der Waals surface area contributed by atoms with Gasteiger partial charge in [0.1, 0.15) is 5.69 Å². The Kier molecular flexibility index (Phi) is 3.84. The van der Waals surface area contributed by atoms with Gasteiger partial charge < -0.3 is 10.6 Å². The lowest BCUT2D eigenvalue weighted by molar-refractivity contribution is 0.0939. The number of anilines is 1. The molecule has 1 aromatic rings. The minimum atomic E-state index is -0.0746. The summed E-state index contributed by atoms with van der Waals surface area (Å²) in [5, 5.41) is 6.02. The van der Waals surface area contributed by atoms with Crippen LogP contribution in [-0.4, -0.2) is 24.5 Å². The van der Waals surface area contributed by atoms with Gasteiger partial charge in [0.05, 0.1) is 0 Å². The van der Waals surface area contributed by atoms with Crippen LogP contribution in [0, 0.1) is 5.41 Å². The summed E-state index contributed by atoms with van der Waals surface area (Å²) in [5.41, 5.74) is 1.77. The van der Waals surface area contributed by atoms with Crippen molar-refractivity contribution < 1.29 is 4.79 Å². The molecule has 1 aliphatic rings. The van der Waals surface area contributed by atoms with Gasteiger partial charge in [0.2, 0.25) is 0 Å². The Balaban J connectivity index is 1.91. The molecule has 0 spiro atoms. The van der Waals surface area contributed by atoms with E-state index in [1.807, 2.05) is 13.1 Å². The third kappa shape index (κ3) is 3.00. The second kappa shape index (κ2) is 5.38. The molecule has 1 aliphatic carbocycles. The van der Waals surface area contributed by atoms with Gasteiger partial charge in [-0.05, 0) is 36.8 Å². The number of carbonyl (C=O) groups is 1. The minimum Gasteiger partial charge on any atom is -0.388 e. The molecule has 0 unspecified atom stereocenters. The van der Waals surface area contributed by atoms with Crippen LogP contribution in [0.3, 0.4) is 0 Å². The molecule has 1 aromatic heterocycles. The summed E-state index contributed by atoms with van der Waals surface area (Å²) in [6, 6.07) is 3.62. The molecule has 18 heavy (non-hydrogen) atoms. The van der Waals surface area contributed by atoms with Crippen molar-refractivity contribution in [2.24, 2.45) is 5.41 Å². The third-order valence-electron chi connectivity index (χ3n) is 3.64.